The third-order valence-electron chi connectivity index (χ3n) is 3.34. The molecular weight excluding hydrogens is 252 g/mol. The fraction of sp³-hybridized carbons (Fsp3) is 0.133. The van der Waals surface area contributed by atoms with Crippen LogP contribution in [-0.2, 0) is 6.42 Å². The number of fused-ring (bicyclic) bond motifs is 3. The topological polar surface area (TPSA) is 79.0 Å². The second kappa shape index (κ2) is 4.35. The predicted octanol–water partition coefficient (Wildman–Crippen LogP) is 2.45. The third kappa shape index (κ3) is 1.55. The van der Waals surface area contributed by atoms with Crippen LogP contribution < -0.4 is 0 Å². The molecule has 0 saturated carbocycles. The van der Waals surface area contributed by atoms with Crippen LogP contribution in [0, 0.1) is 11.3 Å². The van der Waals surface area contributed by atoms with E-state index in [4.69, 9.17) is 5.26 Å². The minimum absolute atomic E-state index is 0.0237. The summed E-state index contributed by atoms with van der Waals surface area (Å²) in [5, 5.41) is 9.01. The van der Waals surface area contributed by atoms with Crippen LogP contribution in [-0.4, -0.2) is 22.5 Å². The molecule has 1 aliphatic carbocycles. The smallest absolute Gasteiger partial charge is 0.214 e. The van der Waals surface area contributed by atoms with Crippen LogP contribution in [0.15, 0.2) is 23.2 Å². The predicted molar refractivity (Wildman–Crippen MR) is 74.2 cm³/mol. The van der Waals surface area contributed by atoms with Crippen molar-refractivity contribution in [1.82, 2.24) is 9.97 Å². The molecule has 0 spiro atoms. The third-order valence-corrected chi connectivity index (χ3v) is 3.34. The number of carbonyl (C=O) groups excluding carboxylic acids is 1. The molecule has 0 unspecified atom stereocenters. The fourth-order valence-electron chi connectivity index (χ4n) is 2.29. The van der Waals surface area contributed by atoms with Gasteiger partial charge in [0.2, 0.25) is 5.78 Å². The number of hydrogen-bond acceptors (Lipinski definition) is 5. The monoisotopic (exact) mass is 262 g/mol. The Balaban J connectivity index is 2.32. The number of carbonyl (C=O) groups is 1. The van der Waals surface area contributed by atoms with E-state index < -0.39 is 0 Å². The molecule has 5 heteroatoms. The van der Waals surface area contributed by atoms with Gasteiger partial charge in [-0.25, -0.2) is 15.0 Å². The number of nitriles is 1. The molecule has 2 aromatic rings. The molecule has 0 atom stereocenters. The Hall–Kier alpha value is -2.87. The fourth-order valence-corrected chi connectivity index (χ4v) is 2.29. The molecule has 0 N–H and O–H groups in total. The average Bonchev–Trinajstić information content (AvgIpc) is 2.77. The van der Waals surface area contributed by atoms with Crippen molar-refractivity contribution in [2.24, 2.45) is 4.99 Å². The summed E-state index contributed by atoms with van der Waals surface area (Å²) in [7, 11) is 0. The molecule has 1 aromatic heterocycles. The van der Waals surface area contributed by atoms with E-state index in [1.807, 2.05) is 25.1 Å². The number of benzene rings is 1. The zero-order chi connectivity index (χ0) is 14.3. The van der Waals surface area contributed by atoms with Crippen LogP contribution >= 0.6 is 0 Å². The van der Waals surface area contributed by atoms with E-state index in [2.05, 4.69) is 21.7 Å². The van der Waals surface area contributed by atoms with E-state index >= 15 is 0 Å². The quantitative estimate of drug-likeness (QED) is 0.664. The zero-order valence-corrected chi connectivity index (χ0v) is 10.8. The molecule has 0 aliphatic heterocycles. The first-order valence-electron chi connectivity index (χ1n) is 6.16. The van der Waals surface area contributed by atoms with Crippen LogP contribution in [0.1, 0.15) is 34.2 Å². The van der Waals surface area contributed by atoms with Crippen molar-refractivity contribution in [2.45, 2.75) is 13.3 Å². The van der Waals surface area contributed by atoms with Gasteiger partial charge in [0.05, 0.1) is 0 Å². The molecule has 0 bridgehead atoms. The highest BCUT2D eigenvalue weighted by Gasteiger charge is 2.31. The van der Waals surface area contributed by atoms with E-state index in [1.165, 1.54) is 0 Å². The second-order valence-electron chi connectivity index (χ2n) is 4.43. The van der Waals surface area contributed by atoms with Gasteiger partial charge in [-0.3, -0.25) is 4.79 Å². The lowest BCUT2D eigenvalue weighted by atomic mass is 10.0. The number of aromatic nitrogens is 2. The van der Waals surface area contributed by atoms with Gasteiger partial charge in [0, 0.05) is 11.1 Å². The molecule has 0 amide bonds. The second-order valence-corrected chi connectivity index (χ2v) is 4.43. The zero-order valence-electron chi connectivity index (χ0n) is 10.8. The van der Waals surface area contributed by atoms with Crippen molar-refractivity contribution >= 4 is 18.3 Å². The van der Waals surface area contributed by atoms with E-state index in [-0.39, 0.29) is 23.0 Å². The molecule has 1 heterocycles. The summed E-state index contributed by atoms with van der Waals surface area (Å²) in [6, 6.07) is 7.53. The summed E-state index contributed by atoms with van der Waals surface area (Å²) >= 11 is 0. The number of rotatable bonds is 2. The van der Waals surface area contributed by atoms with Crippen molar-refractivity contribution < 1.29 is 4.79 Å². The lowest BCUT2D eigenvalue weighted by Gasteiger charge is -2.03. The Kier molecular flexibility index (Phi) is 2.65. The molecule has 1 aliphatic rings. The van der Waals surface area contributed by atoms with Crippen molar-refractivity contribution in [2.75, 3.05) is 0 Å². The highest BCUT2D eigenvalue weighted by molar-refractivity contribution is 6.20. The van der Waals surface area contributed by atoms with Crippen molar-refractivity contribution in [1.29, 1.82) is 5.26 Å². The first-order valence-corrected chi connectivity index (χ1v) is 6.16. The lowest BCUT2D eigenvalue weighted by molar-refractivity contribution is 0.103. The number of nitrogens with zero attached hydrogens (tertiary/aromatic N) is 4. The van der Waals surface area contributed by atoms with E-state index in [1.54, 1.807) is 6.07 Å². The van der Waals surface area contributed by atoms with Gasteiger partial charge in [-0.15, -0.1) is 0 Å². The van der Waals surface area contributed by atoms with Crippen LogP contribution in [0.3, 0.4) is 0 Å². The molecule has 1 aromatic carbocycles. The maximum atomic E-state index is 12.3. The first kappa shape index (κ1) is 12.2. The Labute approximate surface area is 115 Å². The van der Waals surface area contributed by atoms with E-state index in [9.17, 15) is 4.79 Å². The Morgan fingerprint density at radius 1 is 1.30 bits per heavy atom. The highest BCUT2D eigenvalue weighted by Crippen LogP contribution is 2.36. The van der Waals surface area contributed by atoms with Gasteiger partial charge in [-0.1, -0.05) is 19.1 Å². The van der Waals surface area contributed by atoms with Crippen LogP contribution in [0.2, 0.25) is 0 Å². The average molecular weight is 262 g/mol. The molecule has 0 saturated heterocycles. The first-order chi connectivity index (χ1) is 9.69. The standard InChI is InChI=1S/C15H10N4O/c1-3-8-4-5-9-10(6-8)12-13(14(9)20)18-11(7-16)15(17-2)19-12/h4-6H,2-3H2,1H3. The van der Waals surface area contributed by atoms with Gasteiger partial charge in [-0.2, -0.15) is 5.26 Å². The summed E-state index contributed by atoms with van der Waals surface area (Å²) < 4.78 is 0. The summed E-state index contributed by atoms with van der Waals surface area (Å²) in [6.45, 7) is 5.43. The van der Waals surface area contributed by atoms with Crippen LogP contribution in [0.4, 0.5) is 5.82 Å². The van der Waals surface area contributed by atoms with E-state index in [0.717, 1.165) is 17.5 Å². The molecule has 96 valence electrons. The molecule has 0 radical (unpaired) electrons. The molecule has 20 heavy (non-hydrogen) atoms. The van der Waals surface area contributed by atoms with Gasteiger partial charge in [0.1, 0.15) is 17.5 Å². The van der Waals surface area contributed by atoms with Crippen LogP contribution in [0.5, 0.6) is 0 Å². The summed E-state index contributed by atoms with van der Waals surface area (Å²) in [5.74, 6) is -0.0360. The SMILES string of the molecule is C=Nc1nc2c(nc1C#N)C(=O)c1ccc(CC)cc1-2. The lowest BCUT2D eigenvalue weighted by Crippen LogP contribution is -2.01. The van der Waals surface area contributed by atoms with Gasteiger partial charge in [-0.05, 0) is 24.8 Å². The minimum atomic E-state index is -0.197. The van der Waals surface area contributed by atoms with Gasteiger partial charge in [0.15, 0.2) is 11.5 Å². The maximum Gasteiger partial charge on any atom is 0.214 e. The summed E-state index contributed by atoms with van der Waals surface area (Å²) in [5.41, 5.74) is 3.17. The van der Waals surface area contributed by atoms with Crippen molar-refractivity contribution in [3.8, 4) is 17.3 Å². The molecular formula is C15H10N4O. The number of aryl methyl sites for hydroxylation is 1. The largest absolute Gasteiger partial charge is 0.287 e. The summed E-state index contributed by atoms with van der Waals surface area (Å²) in [4.78, 5) is 24.4. The highest BCUT2D eigenvalue weighted by atomic mass is 16.1. The molecule has 5 nitrogen and oxygen atoms in total. The molecule has 0 fully saturated rings. The number of hydrogen-bond donors (Lipinski definition) is 0. The number of aliphatic imine (C=N–C) groups is 1. The van der Waals surface area contributed by atoms with Gasteiger partial charge < -0.3 is 0 Å². The van der Waals surface area contributed by atoms with Gasteiger partial charge >= 0.3 is 0 Å². The van der Waals surface area contributed by atoms with Crippen molar-refractivity contribution in [3.63, 3.8) is 0 Å². The van der Waals surface area contributed by atoms with Crippen molar-refractivity contribution in [3.05, 3.63) is 40.7 Å². The number of ketones is 1. The Morgan fingerprint density at radius 2 is 2.10 bits per heavy atom. The minimum Gasteiger partial charge on any atom is -0.287 e. The maximum absolute atomic E-state index is 12.3. The van der Waals surface area contributed by atoms with Crippen LogP contribution in [0.25, 0.3) is 11.3 Å². The normalized spacial score (nSPS) is 11.7. The Morgan fingerprint density at radius 3 is 2.75 bits per heavy atom. The Bertz CT molecular complexity index is 802. The van der Waals surface area contributed by atoms with E-state index in [0.29, 0.717) is 11.3 Å². The summed E-state index contributed by atoms with van der Waals surface area (Å²) in [6.07, 6.45) is 0.868. The van der Waals surface area contributed by atoms with Gasteiger partial charge in [0.25, 0.3) is 0 Å². The molecule has 3 rings (SSSR count).